The van der Waals surface area contributed by atoms with Gasteiger partial charge in [-0.1, -0.05) is 6.07 Å². The third-order valence-corrected chi connectivity index (χ3v) is 5.63. The number of hydrogen-bond acceptors (Lipinski definition) is 6. The lowest BCUT2D eigenvalue weighted by molar-refractivity contribution is 0.0943. The predicted molar refractivity (Wildman–Crippen MR) is 98.3 cm³/mol. The van der Waals surface area contributed by atoms with E-state index in [0.717, 1.165) is 47.8 Å². The molecular formula is C18H21N5O2S. The molecule has 136 valence electrons. The molecule has 4 rings (SSSR count). The van der Waals surface area contributed by atoms with Crippen LogP contribution in [0.1, 0.15) is 34.6 Å². The summed E-state index contributed by atoms with van der Waals surface area (Å²) >= 11 is 1.55. The SMILES string of the molecule is Cc1cc(C(=O)Cn2nnc(-c3cccs3)n2)c(C)n1C[C@H]1CCCO1. The fraction of sp³-hybridized carbons (Fsp3) is 0.444. The highest BCUT2D eigenvalue weighted by molar-refractivity contribution is 7.13. The van der Waals surface area contributed by atoms with Crippen molar-refractivity contribution in [3.63, 3.8) is 0 Å². The standard InChI is InChI=1S/C18H21N5O2S/c1-12-9-15(13(2)22(12)10-14-5-3-7-25-14)16(24)11-23-20-18(19-21-23)17-6-4-8-26-17/h4,6,8-9,14H,3,5,7,10-11H2,1-2H3/t14-/m1/s1. The first kappa shape index (κ1) is 17.1. The summed E-state index contributed by atoms with van der Waals surface area (Å²) in [5.41, 5.74) is 2.77. The second-order valence-corrected chi connectivity index (χ2v) is 7.52. The second-order valence-electron chi connectivity index (χ2n) is 6.57. The number of tetrazole rings is 1. The Kier molecular flexibility index (Phi) is 4.69. The molecule has 0 saturated carbocycles. The zero-order chi connectivity index (χ0) is 18.1. The zero-order valence-corrected chi connectivity index (χ0v) is 15.7. The molecule has 3 aromatic heterocycles. The first-order valence-corrected chi connectivity index (χ1v) is 9.63. The summed E-state index contributed by atoms with van der Waals surface area (Å²) in [4.78, 5) is 15.1. The van der Waals surface area contributed by atoms with Gasteiger partial charge in [0, 0.05) is 30.1 Å². The highest BCUT2D eigenvalue weighted by Gasteiger charge is 2.21. The third kappa shape index (κ3) is 3.34. The number of Topliss-reactive ketones (excluding diaryl/α,β-unsaturated/α-hetero) is 1. The molecule has 0 unspecified atom stereocenters. The van der Waals surface area contributed by atoms with Gasteiger partial charge in [-0.2, -0.15) is 4.80 Å². The minimum atomic E-state index is -0.00757. The lowest BCUT2D eigenvalue weighted by Gasteiger charge is -2.14. The lowest BCUT2D eigenvalue weighted by atomic mass is 10.1. The Morgan fingerprint density at radius 3 is 3.04 bits per heavy atom. The van der Waals surface area contributed by atoms with E-state index in [2.05, 4.69) is 20.0 Å². The van der Waals surface area contributed by atoms with Crippen molar-refractivity contribution in [3.05, 3.63) is 40.5 Å². The van der Waals surface area contributed by atoms with Crippen LogP contribution in [-0.4, -0.2) is 43.3 Å². The summed E-state index contributed by atoms with van der Waals surface area (Å²) in [7, 11) is 0. The number of rotatable bonds is 6. The van der Waals surface area contributed by atoms with Gasteiger partial charge in [-0.15, -0.1) is 21.5 Å². The molecule has 7 nitrogen and oxygen atoms in total. The molecule has 0 bridgehead atoms. The molecule has 1 aliphatic rings. The second kappa shape index (κ2) is 7.13. The van der Waals surface area contributed by atoms with Crippen molar-refractivity contribution in [2.75, 3.05) is 6.61 Å². The van der Waals surface area contributed by atoms with Gasteiger partial charge >= 0.3 is 0 Å². The van der Waals surface area contributed by atoms with Crippen LogP contribution in [0.4, 0.5) is 0 Å². The predicted octanol–water partition coefficient (Wildman–Crippen LogP) is 2.88. The molecule has 0 N–H and O–H groups in total. The number of nitrogens with zero attached hydrogens (tertiary/aromatic N) is 5. The van der Waals surface area contributed by atoms with Crippen LogP contribution in [0, 0.1) is 13.8 Å². The first-order chi connectivity index (χ1) is 12.6. The molecule has 4 heterocycles. The molecule has 26 heavy (non-hydrogen) atoms. The van der Waals surface area contributed by atoms with Crippen LogP contribution in [-0.2, 0) is 17.8 Å². The quantitative estimate of drug-likeness (QED) is 0.623. The summed E-state index contributed by atoms with van der Waals surface area (Å²) in [6.07, 6.45) is 2.43. The maximum absolute atomic E-state index is 12.8. The molecule has 1 saturated heterocycles. The van der Waals surface area contributed by atoms with E-state index < -0.39 is 0 Å². The van der Waals surface area contributed by atoms with Gasteiger partial charge in [0.15, 0.2) is 5.78 Å². The fourth-order valence-electron chi connectivity index (χ4n) is 3.38. The Morgan fingerprint density at radius 1 is 1.42 bits per heavy atom. The van der Waals surface area contributed by atoms with E-state index in [4.69, 9.17) is 4.74 Å². The average molecular weight is 371 g/mol. The number of carbonyl (C=O) groups is 1. The summed E-state index contributed by atoms with van der Waals surface area (Å²) in [5.74, 6) is 0.545. The zero-order valence-electron chi connectivity index (χ0n) is 14.9. The van der Waals surface area contributed by atoms with Crippen molar-refractivity contribution in [1.82, 2.24) is 24.8 Å². The Hall–Kier alpha value is -2.32. The molecule has 3 aromatic rings. The number of ether oxygens (including phenoxy) is 1. The van der Waals surface area contributed by atoms with Crippen LogP contribution in [0.2, 0.25) is 0 Å². The molecule has 0 spiro atoms. The maximum Gasteiger partial charge on any atom is 0.214 e. The number of hydrogen-bond donors (Lipinski definition) is 0. The van der Waals surface area contributed by atoms with Crippen LogP contribution in [0.5, 0.6) is 0 Å². The molecule has 1 aliphatic heterocycles. The Bertz CT molecular complexity index is 906. The summed E-state index contributed by atoms with van der Waals surface area (Å²) in [5, 5.41) is 14.3. The summed E-state index contributed by atoms with van der Waals surface area (Å²) in [6, 6.07) is 5.82. The van der Waals surface area contributed by atoms with E-state index in [-0.39, 0.29) is 18.4 Å². The summed E-state index contributed by atoms with van der Waals surface area (Å²) < 4.78 is 7.91. The van der Waals surface area contributed by atoms with Crippen molar-refractivity contribution in [2.45, 2.75) is 45.9 Å². The van der Waals surface area contributed by atoms with E-state index in [1.54, 1.807) is 11.3 Å². The number of carbonyl (C=O) groups excluding carboxylic acids is 1. The number of aryl methyl sites for hydroxylation is 1. The molecule has 8 heteroatoms. The van der Waals surface area contributed by atoms with E-state index >= 15 is 0 Å². The van der Waals surface area contributed by atoms with Crippen LogP contribution in [0.15, 0.2) is 23.6 Å². The Morgan fingerprint density at radius 2 is 2.31 bits per heavy atom. The van der Waals surface area contributed by atoms with Crippen LogP contribution in [0.3, 0.4) is 0 Å². The number of thiophene rings is 1. The Labute approximate surface area is 155 Å². The van der Waals surface area contributed by atoms with Gasteiger partial charge in [-0.3, -0.25) is 4.79 Å². The smallest absolute Gasteiger partial charge is 0.214 e. The number of aromatic nitrogens is 5. The normalized spacial score (nSPS) is 17.1. The lowest BCUT2D eigenvalue weighted by Crippen LogP contribution is -2.18. The minimum absolute atomic E-state index is 0.00757. The van der Waals surface area contributed by atoms with Crippen molar-refractivity contribution >= 4 is 17.1 Å². The van der Waals surface area contributed by atoms with E-state index in [1.165, 1.54) is 4.80 Å². The average Bonchev–Trinajstić information content (AvgIpc) is 3.40. The topological polar surface area (TPSA) is 74.8 Å². The molecule has 0 aliphatic carbocycles. The van der Waals surface area contributed by atoms with Gasteiger partial charge < -0.3 is 9.30 Å². The highest BCUT2D eigenvalue weighted by atomic mass is 32.1. The van der Waals surface area contributed by atoms with Crippen molar-refractivity contribution in [3.8, 4) is 10.7 Å². The van der Waals surface area contributed by atoms with Crippen molar-refractivity contribution < 1.29 is 9.53 Å². The molecular weight excluding hydrogens is 350 g/mol. The third-order valence-electron chi connectivity index (χ3n) is 4.76. The monoisotopic (exact) mass is 371 g/mol. The van der Waals surface area contributed by atoms with Gasteiger partial charge in [0.2, 0.25) is 5.82 Å². The van der Waals surface area contributed by atoms with Crippen molar-refractivity contribution in [1.29, 1.82) is 0 Å². The molecule has 1 fully saturated rings. The van der Waals surface area contributed by atoms with E-state index in [1.807, 2.05) is 37.4 Å². The first-order valence-electron chi connectivity index (χ1n) is 8.75. The largest absolute Gasteiger partial charge is 0.376 e. The number of ketones is 1. The van der Waals surface area contributed by atoms with Gasteiger partial charge in [0.05, 0.1) is 11.0 Å². The molecule has 0 aromatic carbocycles. The molecule has 1 atom stereocenters. The molecule has 0 radical (unpaired) electrons. The Balaban J connectivity index is 1.49. The van der Waals surface area contributed by atoms with Gasteiger partial charge in [-0.05, 0) is 49.4 Å². The minimum Gasteiger partial charge on any atom is -0.376 e. The molecule has 0 amide bonds. The fourth-order valence-corrected chi connectivity index (χ4v) is 4.03. The van der Waals surface area contributed by atoms with Crippen LogP contribution < -0.4 is 0 Å². The van der Waals surface area contributed by atoms with Crippen molar-refractivity contribution in [2.24, 2.45) is 0 Å². The van der Waals surface area contributed by atoms with Gasteiger partial charge in [0.1, 0.15) is 6.54 Å². The maximum atomic E-state index is 12.8. The van der Waals surface area contributed by atoms with Gasteiger partial charge in [0.25, 0.3) is 0 Å². The van der Waals surface area contributed by atoms with E-state index in [9.17, 15) is 4.79 Å². The van der Waals surface area contributed by atoms with E-state index in [0.29, 0.717) is 5.82 Å². The highest BCUT2D eigenvalue weighted by Crippen LogP contribution is 2.22. The van der Waals surface area contributed by atoms with Gasteiger partial charge in [-0.25, -0.2) is 0 Å². The van der Waals surface area contributed by atoms with Crippen LogP contribution in [0.25, 0.3) is 10.7 Å². The van der Waals surface area contributed by atoms with Crippen LogP contribution >= 0.6 is 11.3 Å². The summed E-state index contributed by atoms with van der Waals surface area (Å²) in [6.45, 7) is 5.74.